The van der Waals surface area contributed by atoms with Gasteiger partial charge in [0, 0.05) is 129 Å². The summed E-state index contributed by atoms with van der Waals surface area (Å²) in [5.41, 5.74) is 20.5. The predicted molar refractivity (Wildman–Crippen MR) is 532 cm³/mol. The van der Waals surface area contributed by atoms with Crippen LogP contribution in [0.2, 0.25) is 0 Å². The Bertz CT molecular complexity index is 7240. The molecule has 8 aromatic carbocycles. The Labute approximate surface area is 824 Å². The summed E-state index contributed by atoms with van der Waals surface area (Å²) in [5.74, 6) is 1.12. The lowest BCUT2D eigenvalue weighted by atomic mass is 10.0. The van der Waals surface area contributed by atoms with E-state index in [0.717, 1.165) is 111 Å². The smallest absolute Gasteiger partial charge is 0.255 e. The van der Waals surface area contributed by atoms with Crippen LogP contribution in [0.1, 0.15) is 121 Å². The van der Waals surface area contributed by atoms with E-state index in [1.807, 2.05) is 135 Å². The second-order valence-corrected chi connectivity index (χ2v) is 36.1. The van der Waals surface area contributed by atoms with E-state index in [4.69, 9.17) is 32.8 Å². The fourth-order valence-electron chi connectivity index (χ4n) is 18.0. The number of ether oxygens (including phenoxy) is 6. The molecule has 3 saturated heterocycles. The van der Waals surface area contributed by atoms with Crippen LogP contribution in [0.15, 0.2) is 242 Å². The molecule has 724 valence electrons. The minimum atomic E-state index is -0.658. The third-order valence-electron chi connectivity index (χ3n) is 25.4. The first-order chi connectivity index (χ1) is 69.7. The Hall–Kier alpha value is -16.4. The minimum Gasteiger partial charge on any atom is -0.494 e. The van der Waals surface area contributed by atoms with Gasteiger partial charge in [-0.1, -0.05) is 72.8 Å². The predicted octanol–water partition coefficient (Wildman–Crippen LogP) is 15.4. The van der Waals surface area contributed by atoms with E-state index >= 15 is 0 Å². The maximum absolute atomic E-state index is 13.6. The SMILES string of the molecule is Cc1ccc2nc(-c3ccc(-c4ccnc(NCCOCCOc5ccc6c(c5)CN(C5CCC(=O)NC5=O)C6=O)c4)cc3)oc2c1.O=C1CCC(N2Cc3cc(OCCCC(=O)Nc4ccc(-c5ccc(C6=Cc7ccncc7C6)cc5)cn4)ccc3C2=O)C(=O)N1.O=C1CCC(N2Cc3cc(OCCOCCOCCNc4cc(-c5ccc(-c6nc7ccc(F)cc7s6)cc5)ccn4)ccc3C2=O)C(=O)N1. The van der Waals surface area contributed by atoms with Crippen molar-refractivity contribution in [1.29, 1.82) is 0 Å². The number of pyridine rings is 4. The Balaban J connectivity index is 0.000000136. The molecule has 6 aliphatic heterocycles. The maximum Gasteiger partial charge on any atom is 0.255 e. The van der Waals surface area contributed by atoms with Gasteiger partial charge in [-0.15, -0.1) is 11.3 Å². The number of fused-ring (bicyclic) bond motifs is 6. The number of allylic oxidation sites excluding steroid dienone is 1. The lowest BCUT2D eigenvalue weighted by Gasteiger charge is -2.29. The highest BCUT2D eigenvalue weighted by molar-refractivity contribution is 7.21. The number of aromatic nitrogens is 6. The number of carbonyl (C=O) groups excluding carboxylic acids is 10. The zero-order valence-electron chi connectivity index (χ0n) is 77.8. The number of thiazole rings is 1. The Morgan fingerprint density at radius 1 is 0.441 bits per heavy atom. The standard InChI is InChI=1S/C37H34FN5O6S.C36H33N5O6.C36H31N5O5/c38-27-5-8-30-32(21-27)50-36(41-30)24-3-1-23(2-4-24)25-11-12-39-33(20-25)40-13-14-47-15-16-48-17-18-49-28-6-7-29-26(19-28)22-43(37(29)46)31-9-10-34(44)42-35(31)45;1-22-2-9-29-31(18-22)47-35(39-29)24-5-3-23(4-6-24)25-12-13-37-32(20-25)38-14-15-45-16-17-46-27-7-8-28-26(19-27)21-41(36(28)44)30-10-11-33(42)40-34(30)43;42-33(2-1-15-46-29-8-9-30-28(18-29)21-41(36(30)45)31-10-12-34(43)40-35(31)44)39-32-11-7-25(20-38-32)22-3-5-23(6-4-22)26-16-24-13-14-37-19-27(24)17-26/h1-8,11-12,19-21,31H,9-10,13-18,22H2,(H,39,40)(H,42,44,45);2-9,12-13,18-20,30H,10-11,14-17,21H2,1H3,(H,37,38)(H,40,42,43);3-9,11,13-14,16,18-20,31H,1-2,10,12,15,17,21H2,(H,38,39,42)(H,40,43,44). The number of halogens is 1. The summed E-state index contributed by atoms with van der Waals surface area (Å²) in [6, 6.07) is 62.8. The van der Waals surface area contributed by atoms with Gasteiger partial charge >= 0.3 is 0 Å². The highest BCUT2D eigenvalue weighted by Gasteiger charge is 2.43. The Kier molecular flexibility index (Phi) is 29.3. The van der Waals surface area contributed by atoms with Crippen LogP contribution in [0.3, 0.4) is 0 Å². The van der Waals surface area contributed by atoms with Crippen molar-refractivity contribution in [3.63, 3.8) is 0 Å². The van der Waals surface area contributed by atoms with Crippen LogP contribution in [0.5, 0.6) is 17.2 Å². The lowest BCUT2D eigenvalue weighted by Crippen LogP contribution is -2.52. The topological polar surface area (TPSA) is 398 Å². The third kappa shape index (κ3) is 23.0. The highest BCUT2D eigenvalue weighted by atomic mass is 32.1. The molecule has 12 heterocycles. The van der Waals surface area contributed by atoms with E-state index < -0.39 is 35.8 Å². The molecular weight excluding hydrogens is 1840 g/mol. The van der Waals surface area contributed by atoms with Gasteiger partial charge in [-0.3, -0.25) is 68.9 Å². The van der Waals surface area contributed by atoms with Crippen molar-refractivity contribution in [2.24, 2.45) is 0 Å². The fourth-order valence-corrected chi connectivity index (χ4v) is 19.0. The number of carbonyl (C=O) groups is 10. The molecule has 14 aromatic rings. The number of piperidine rings is 3. The monoisotopic (exact) mass is 1940 g/mol. The lowest BCUT2D eigenvalue weighted by molar-refractivity contribution is -0.138. The summed E-state index contributed by atoms with van der Waals surface area (Å²) in [4.78, 5) is 154. The van der Waals surface area contributed by atoms with Gasteiger partial charge in [-0.25, -0.2) is 29.3 Å². The van der Waals surface area contributed by atoms with Crippen molar-refractivity contribution < 1.29 is 85.2 Å². The summed E-state index contributed by atoms with van der Waals surface area (Å²) >= 11 is 1.47. The average molecular weight is 1940 g/mol. The molecule has 32 nitrogen and oxygen atoms in total. The van der Waals surface area contributed by atoms with Gasteiger partial charge in [0.15, 0.2) is 5.58 Å². The molecule has 21 rings (SSSR count). The van der Waals surface area contributed by atoms with Gasteiger partial charge in [0.1, 0.15) is 82.4 Å². The van der Waals surface area contributed by atoms with Crippen molar-refractivity contribution in [2.75, 3.05) is 88.5 Å². The van der Waals surface area contributed by atoms with Crippen LogP contribution >= 0.6 is 11.3 Å². The summed E-state index contributed by atoms with van der Waals surface area (Å²) in [6.45, 7) is 7.63. The van der Waals surface area contributed by atoms with Crippen LogP contribution < -0.4 is 46.1 Å². The third-order valence-corrected chi connectivity index (χ3v) is 26.5. The summed E-state index contributed by atoms with van der Waals surface area (Å²) in [6.07, 6.45) is 14.5. The molecule has 3 atom stereocenters. The molecular formula is C109H98FN15O17S. The molecule has 0 bridgehead atoms. The van der Waals surface area contributed by atoms with Crippen molar-refractivity contribution in [1.82, 2.24) is 60.6 Å². The van der Waals surface area contributed by atoms with Gasteiger partial charge in [0.2, 0.25) is 47.2 Å². The zero-order valence-corrected chi connectivity index (χ0v) is 78.7. The number of hydrogen-bond acceptors (Lipinski definition) is 26. The molecule has 0 spiro atoms. The van der Waals surface area contributed by atoms with Crippen LogP contribution in [-0.2, 0) is 73.8 Å². The molecule has 34 heteroatoms. The summed E-state index contributed by atoms with van der Waals surface area (Å²) in [7, 11) is 0. The molecule has 6 aromatic heterocycles. The molecule has 3 fully saturated rings. The van der Waals surface area contributed by atoms with Gasteiger partial charge in [0.05, 0.1) is 56.5 Å². The van der Waals surface area contributed by atoms with Gasteiger partial charge in [-0.2, -0.15) is 0 Å². The van der Waals surface area contributed by atoms with E-state index in [0.29, 0.717) is 157 Å². The average Bonchev–Trinajstić information content (AvgIpc) is 1.64. The molecule has 0 radical (unpaired) electrons. The van der Waals surface area contributed by atoms with E-state index in [9.17, 15) is 52.3 Å². The summed E-state index contributed by atoms with van der Waals surface area (Å²) < 4.78 is 54.9. The highest BCUT2D eigenvalue weighted by Crippen LogP contribution is 2.39. The number of nitrogens with zero attached hydrogens (tertiary/aromatic N) is 9. The van der Waals surface area contributed by atoms with Gasteiger partial charge in [0.25, 0.3) is 17.7 Å². The van der Waals surface area contributed by atoms with Crippen molar-refractivity contribution >= 4 is 121 Å². The Morgan fingerprint density at radius 2 is 0.923 bits per heavy atom. The van der Waals surface area contributed by atoms with Crippen molar-refractivity contribution in [2.45, 2.75) is 102 Å². The first-order valence-corrected chi connectivity index (χ1v) is 48.0. The molecule has 3 unspecified atom stereocenters. The molecule has 7 aliphatic rings. The largest absolute Gasteiger partial charge is 0.494 e. The Morgan fingerprint density at radius 3 is 1.44 bits per heavy atom. The molecule has 0 saturated carbocycles. The second-order valence-electron chi connectivity index (χ2n) is 35.1. The van der Waals surface area contributed by atoms with Gasteiger partial charge < -0.3 is 63.5 Å². The number of hydrogen-bond donors (Lipinski definition) is 6. The quantitative estimate of drug-likeness (QED) is 0.0161. The van der Waals surface area contributed by atoms with Crippen LogP contribution in [0.25, 0.3) is 88.4 Å². The number of oxazole rings is 1. The second kappa shape index (κ2) is 43.9. The van der Waals surface area contributed by atoms with Crippen molar-refractivity contribution in [3.05, 3.63) is 299 Å². The number of benzene rings is 8. The molecule has 6 N–H and O–H groups in total. The number of amides is 10. The zero-order chi connectivity index (χ0) is 98.4. The van der Waals surface area contributed by atoms with E-state index in [1.165, 1.54) is 60.4 Å². The van der Waals surface area contributed by atoms with Crippen LogP contribution in [-0.4, -0.2) is 194 Å². The van der Waals surface area contributed by atoms with E-state index in [-0.39, 0.29) is 79.4 Å². The van der Waals surface area contributed by atoms with Crippen LogP contribution in [0.4, 0.5) is 21.8 Å². The van der Waals surface area contributed by atoms with E-state index in [2.05, 4.69) is 92.1 Å². The van der Waals surface area contributed by atoms with Crippen LogP contribution in [0, 0.1) is 12.7 Å². The number of aryl methyl sites for hydroxylation is 1. The fraction of sp³-hybridized carbons (Fsp3) is 0.248. The number of nitrogens with one attached hydrogen (secondary N) is 6. The first-order valence-electron chi connectivity index (χ1n) is 47.2. The normalized spacial score (nSPS) is 16.2. The first kappa shape index (κ1) is 95.5. The summed E-state index contributed by atoms with van der Waals surface area (Å²) in [5, 5.41) is 17.2. The molecule has 1 aliphatic carbocycles. The molecule has 143 heavy (non-hydrogen) atoms. The van der Waals surface area contributed by atoms with E-state index in [1.54, 1.807) is 73.2 Å². The number of anilines is 3. The van der Waals surface area contributed by atoms with Gasteiger partial charge in [-0.05, 0) is 244 Å². The number of imide groups is 3. The maximum atomic E-state index is 13.6. The molecule has 10 amide bonds. The minimum absolute atomic E-state index is 0.159. The number of rotatable bonds is 34. The van der Waals surface area contributed by atoms with Crippen molar-refractivity contribution in [3.8, 4) is 72.7 Å².